The molecule has 3 rings (SSSR count). The molecule has 1 fully saturated rings. The van der Waals surface area contributed by atoms with Crippen LogP contribution in [0.2, 0.25) is 0 Å². The van der Waals surface area contributed by atoms with Crippen molar-refractivity contribution in [1.29, 1.82) is 0 Å². The molecule has 20 heavy (non-hydrogen) atoms. The van der Waals surface area contributed by atoms with Gasteiger partial charge in [0.05, 0.1) is 19.6 Å². The van der Waals surface area contributed by atoms with Gasteiger partial charge in [-0.2, -0.15) is 0 Å². The van der Waals surface area contributed by atoms with Crippen LogP contribution in [0.4, 0.5) is 11.4 Å². The highest BCUT2D eigenvalue weighted by Gasteiger charge is 2.30. The molecule has 0 saturated carbocycles. The van der Waals surface area contributed by atoms with Gasteiger partial charge in [0.25, 0.3) is 0 Å². The monoisotopic (exact) mass is 275 g/mol. The van der Waals surface area contributed by atoms with Crippen LogP contribution >= 0.6 is 0 Å². The molecule has 2 N–H and O–H groups in total. The third-order valence-corrected chi connectivity index (χ3v) is 3.69. The molecular formula is C14H17N3O3. The number of hydrogen-bond acceptors (Lipinski definition) is 4. The van der Waals surface area contributed by atoms with Gasteiger partial charge in [0.1, 0.15) is 6.54 Å². The molecule has 0 aliphatic carbocycles. The molecular weight excluding hydrogens is 258 g/mol. The SMILES string of the molecule is Nc1ccc2c(c1)CC(=O)N2CC(=O)N1CCOCC1. The maximum absolute atomic E-state index is 12.2. The van der Waals surface area contributed by atoms with E-state index < -0.39 is 0 Å². The molecule has 106 valence electrons. The average molecular weight is 275 g/mol. The van der Waals surface area contributed by atoms with E-state index in [1.807, 2.05) is 6.07 Å². The highest BCUT2D eigenvalue weighted by Crippen LogP contribution is 2.30. The van der Waals surface area contributed by atoms with Crippen LogP contribution in [-0.2, 0) is 20.7 Å². The van der Waals surface area contributed by atoms with E-state index in [1.165, 1.54) is 0 Å². The second-order valence-corrected chi connectivity index (χ2v) is 5.04. The van der Waals surface area contributed by atoms with Crippen molar-refractivity contribution in [2.24, 2.45) is 0 Å². The smallest absolute Gasteiger partial charge is 0.242 e. The van der Waals surface area contributed by atoms with Gasteiger partial charge in [0, 0.05) is 24.5 Å². The maximum Gasteiger partial charge on any atom is 0.242 e. The van der Waals surface area contributed by atoms with Crippen LogP contribution in [0.5, 0.6) is 0 Å². The second-order valence-electron chi connectivity index (χ2n) is 5.04. The van der Waals surface area contributed by atoms with Crippen LogP contribution in [0.3, 0.4) is 0 Å². The quantitative estimate of drug-likeness (QED) is 0.772. The molecule has 2 heterocycles. The van der Waals surface area contributed by atoms with Gasteiger partial charge in [-0.25, -0.2) is 0 Å². The summed E-state index contributed by atoms with van der Waals surface area (Å²) in [6.07, 6.45) is 0.316. The van der Waals surface area contributed by atoms with E-state index in [2.05, 4.69) is 0 Å². The summed E-state index contributed by atoms with van der Waals surface area (Å²) in [6.45, 7) is 2.40. The third kappa shape index (κ3) is 2.34. The number of carbonyl (C=O) groups is 2. The minimum absolute atomic E-state index is 0.0358. The van der Waals surface area contributed by atoms with E-state index in [-0.39, 0.29) is 18.4 Å². The third-order valence-electron chi connectivity index (χ3n) is 3.69. The van der Waals surface area contributed by atoms with Crippen LogP contribution in [0.25, 0.3) is 0 Å². The number of benzene rings is 1. The van der Waals surface area contributed by atoms with E-state index in [1.54, 1.807) is 21.9 Å². The Hall–Kier alpha value is -2.08. The van der Waals surface area contributed by atoms with Crippen molar-refractivity contribution in [1.82, 2.24) is 4.90 Å². The molecule has 0 aromatic heterocycles. The van der Waals surface area contributed by atoms with Gasteiger partial charge in [-0.3, -0.25) is 9.59 Å². The first-order valence-corrected chi connectivity index (χ1v) is 6.69. The molecule has 0 spiro atoms. The predicted octanol–water partition coefficient (Wildman–Crippen LogP) is 0.0167. The molecule has 0 bridgehead atoms. The Morgan fingerprint density at radius 2 is 2.05 bits per heavy atom. The lowest BCUT2D eigenvalue weighted by atomic mass is 10.1. The molecule has 1 aromatic rings. The minimum atomic E-state index is -0.0489. The number of ether oxygens (including phenoxy) is 1. The fraction of sp³-hybridized carbons (Fsp3) is 0.429. The topological polar surface area (TPSA) is 75.9 Å². The van der Waals surface area contributed by atoms with Crippen molar-refractivity contribution in [3.63, 3.8) is 0 Å². The highest BCUT2D eigenvalue weighted by atomic mass is 16.5. The first kappa shape index (κ1) is 12.9. The number of morpholine rings is 1. The Labute approximate surface area is 117 Å². The Morgan fingerprint density at radius 1 is 1.30 bits per heavy atom. The van der Waals surface area contributed by atoms with Crippen molar-refractivity contribution in [2.75, 3.05) is 43.5 Å². The molecule has 2 aliphatic heterocycles. The first-order valence-electron chi connectivity index (χ1n) is 6.69. The zero-order chi connectivity index (χ0) is 14.1. The van der Waals surface area contributed by atoms with Gasteiger partial charge in [-0.05, 0) is 23.8 Å². The van der Waals surface area contributed by atoms with E-state index in [0.29, 0.717) is 38.4 Å². The summed E-state index contributed by atoms with van der Waals surface area (Å²) in [5, 5.41) is 0. The summed E-state index contributed by atoms with van der Waals surface area (Å²) in [6, 6.07) is 5.36. The van der Waals surface area contributed by atoms with Crippen LogP contribution in [0, 0.1) is 0 Å². The Balaban J connectivity index is 1.74. The van der Waals surface area contributed by atoms with Gasteiger partial charge in [0.2, 0.25) is 11.8 Å². The summed E-state index contributed by atoms with van der Waals surface area (Å²) in [5.74, 6) is -0.0847. The van der Waals surface area contributed by atoms with Crippen LogP contribution in [-0.4, -0.2) is 49.6 Å². The number of amides is 2. The first-order chi connectivity index (χ1) is 9.65. The molecule has 6 heteroatoms. The summed E-state index contributed by atoms with van der Waals surface area (Å²) in [7, 11) is 0. The van der Waals surface area contributed by atoms with Gasteiger partial charge in [-0.15, -0.1) is 0 Å². The molecule has 0 radical (unpaired) electrons. The Morgan fingerprint density at radius 3 is 2.80 bits per heavy atom. The number of nitrogens with two attached hydrogens (primary N) is 1. The van der Waals surface area contributed by atoms with Crippen molar-refractivity contribution in [3.05, 3.63) is 23.8 Å². The van der Waals surface area contributed by atoms with E-state index >= 15 is 0 Å². The Bertz CT molecular complexity index is 553. The molecule has 1 saturated heterocycles. The van der Waals surface area contributed by atoms with Gasteiger partial charge < -0.3 is 20.3 Å². The Kier molecular flexibility index (Phi) is 3.31. The molecule has 2 amide bonds. The van der Waals surface area contributed by atoms with Gasteiger partial charge in [-0.1, -0.05) is 0 Å². The number of carbonyl (C=O) groups excluding carboxylic acids is 2. The number of nitrogen functional groups attached to an aromatic ring is 1. The van der Waals surface area contributed by atoms with Gasteiger partial charge >= 0.3 is 0 Å². The molecule has 6 nitrogen and oxygen atoms in total. The zero-order valence-electron chi connectivity index (χ0n) is 11.2. The van der Waals surface area contributed by atoms with Crippen LogP contribution in [0.15, 0.2) is 18.2 Å². The fourth-order valence-electron chi connectivity index (χ4n) is 2.62. The lowest BCUT2D eigenvalue weighted by Gasteiger charge is -2.28. The largest absolute Gasteiger partial charge is 0.399 e. The fourth-order valence-corrected chi connectivity index (χ4v) is 2.62. The molecule has 1 aromatic carbocycles. The van der Waals surface area contributed by atoms with Gasteiger partial charge in [0.15, 0.2) is 0 Å². The van der Waals surface area contributed by atoms with Crippen LogP contribution < -0.4 is 10.6 Å². The van der Waals surface area contributed by atoms with E-state index in [4.69, 9.17) is 10.5 Å². The van der Waals surface area contributed by atoms with E-state index in [9.17, 15) is 9.59 Å². The number of rotatable bonds is 2. The summed E-state index contributed by atoms with van der Waals surface area (Å²) in [5.41, 5.74) is 8.05. The number of nitrogens with zero attached hydrogens (tertiary/aromatic N) is 2. The van der Waals surface area contributed by atoms with Crippen molar-refractivity contribution in [2.45, 2.75) is 6.42 Å². The normalized spacial score (nSPS) is 18.3. The molecule has 0 atom stereocenters. The van der Waals surface area contributed by atoms with E-state index in [0.717, 1.165) is 11.3 Å². The summed E-state index contributed by atoms with van der Waals surface area (Å²) >= 11 is 0. The molecule has 2 aliphatic rings. The second kappa shape index (κ2) is 5.13. The van der Waals surface area contributed by atoms with Crippen LogP contribution in [0.1, 0.15) is 5.56 Å². The molecule has 0 unspecified atom stereocenters. The average Bonchev–Trinajstić information content (AvgIpc) is 2.75. The summed E-state index contributed by atoms with van der Waals surface area (Å²) in [4.78, 5) is 27.6. The van der Waals surface area contributed by atoms with Crippen molar-refractivity contribution < 1.29 is 14.3 Å². The lowest BCUT2D eigenvalue weighted by molar-refractivity contribution is -0.134. The maximum atomic E-state index is 12.2. The minimum Gasteiger partial charge on any atom is -0.399 e. The number of anilines is 2. The predicted molar refractivity (Wildman–Crippen MR) is 74.3 cm³/mol. The zero-order valence-corrected chi connectivity index (χ0v) is 11.2. The highest BCUT2D eigenvalue weighted by molar-refractivity contribution is 6.05. The summed E-state index contributed by atoms with van der Waals surface area (Å²) < 4.78 is 5.22. The van der Waals surface area contributed by atoms with Crippen molar-refractivity contribution in [3.8, 4) is 0 Å². The number of hydrogen-bond donors (Lipinski definition) is 1. The number of fused-ring (bicyclic) bond motifs is 1. The lowest BCUT2D eigenvalue weighted by Crippen LogP contribution is -2.46. The standard InChI is InChI=1S/C14H17N3O3/c15-11-1-2-12-10(7-11)8-13(18)17(12)9-14(19)16-3-5-20-6-4-16/h1-2,7H,3-6,8-9,15H2. The van der Waals surface area contributed by atoms with Crippen molar-refractivity contribution >= 4 is 23.2 Å².